The van der Waals surface area contributed by atoms with Gasteiger partial charge in [-0.25, -0.2) is 4.98 Å². The number of hydrogen-bond donors (Lipinski definition) is 1. The number of nitrogens with zero attached hydrogens (tertiary/aromatic N) is 2. The molecule has 2 aromatic carbocycles. The molecule has 5 heteroatoms. The summed E-state index contributed by atoms with van der Waals surface area (Å²) in [6.45, 7) is 0. The van der Waals surface area contributed by atoms with Crippen molar-refractivity contribution in [3.8, 4) is 11.6 Å². The zero-order valence-electron chi connectivity index (χ0n) is 10.8. The van der Waals surface area contributed by atoms with E-state index in [0.717, 1.165) is 10.9 Å². The first-order valence-corrected chi connectivity index (χ1v) is 6.52. The van der Waals surface area contributed by atoms with Gasteiger partial charge < -0.3 is 10.1 Å². The number of ether oxygens (including phenoxy) is 1. The van der Waals surface area contributed by atoms with Crippen molar-refractivity contribution in [1.82, 2.24) is 9.97 Å². The van der Waals surface area contributed by atoms with Gasteiger partial charge in [-0.1, -0.05) is 23.7 Å². The molecule has 3 aromatic rings. The van der Waals surface area contributed by atoms with Gasteiger partial charge in [0, 0.05) is 12.1 Å². The van der Waals surface area contributed by atoms with Crippen LogP contribution in [0.4, 0.5) is 5.95 Å². The van der Waals surface area contributed by atoms with E-state index in [0.29, 0.717) is 22.6 Å². The van der Waals surface area contributed by atoms with Crippen LogP contribution in [0.25, 0.3) is 10.9 Å². The third-order valence-corrected chi connectivity index (χ3v) is 3.07. The van der Waals surface area contributed by atoms with Crippen LogP contribution in [-0.4, -0.2) is 17.0 Å². The molecule has 0 amide bonds. The minimum atomic E-state index is 0.516. The zero-order valence-corrected chi connectivity index (χ0v) is 11.6. The maximum Gasteiger partial charge on any atom is 0.231 e. The van der Waals surface area contributed by atoms with Crippen molar-refractivity contribution >= 4 is 28.5 Å². The lowest BCUT2D eigenvalue weighted by Gasteiger charge is -2.09. The Labute approximate surface area is 121 Å². The standard InChI is InChI=1S/C15H12ClN3O/c1-17-15-18-13-5-3-2-4-12(13)14(19-15)20-11-8-6-10(16)7-9-11/h2-9H,1H3,(H,17,18,19). The highest BCUT2D eigenvalue weighted by atomic mass is 35.5. The number of halogens is 1. The van der Waals surface area contributed by atoms with E-state index in [1.807, 2.05) is 24.3 Å². The second kappa shape index (κ2) is 5.35. The van der Waals surface area contributed by atoms with Crippen LogP contribution in [0.1, 0.15) is 0 Å². The quantitative estimate of drug-likeness (QED) is 0.786. The molecule has 0 aliphatic heterocycles. The van der Waals surface area contributed by atoms with Crippen LogP contribution in [0.2, 0.25) is 5.02 Å². The number of benzene rings is 2. The molecule has 3 rings (SSSR count). The molecule has 1 aromatic heterocycles. The molecule has 0 spiro atoms. The number of fused-ring (bicyclic) bond motifs is 1. The summed E-state index contributed by atoms with van der Waals surface area (Å²) >= 11 is 5.87. The first-order chi connectivity index (χ1) is 9.76. The third kappa shape index (κ3) is 2.51. The number of aromatic nitrogens is 2. The highest BCUT2D eigenvalue weighted by molar-refractivity contribution is 6.30. The van der Waals surface area contributed by atoms with Crippen molar-refractivity contribution < 1.29 is 4.74 Å². The van der Waals surface area contributed by atoms with E-state index in [1.165, 1.54) is 0 Å². The summed E-state index contributed by atoms with van der Waals surface area (Å²) in [5.41, 5.74) is 0.829. The summed E-state index contributed by atoms with van der Waals surface area (Å²) in [6.07, 6.45) is 0. The van der Waals surface area contributed by atoms with Gasteiger partial charge in [0.2, 0.25) is 11.8 Å². The lowest BCUT2D eigenvalue weighted by Crippen LogP contribution is -1.99. The molecule has 0 aliphatic rings. The monoisotopic (exact) mass is 285 g/mol. The molecule has 0 bridgehead atoms. The Kier molecular flexibility index (Phi) is 3.39. The summed E-state index contributed by atoms with van der Waals surface area (Å²) in [4.78, 5) is 8.75. The van der Waals surface area contributed by atoms with Crippen LogP contribution in [-0.2, 0) is 0 Å². The number of anilines is 1. The first-order valence-electron chi connectivity index (χ1n) is 6.14. The van der Waals surface area contributed by atoms with Crippen molar-refractivity contribution in [2.24, 2.45) is 0 Å². The molecule has 0 aliphatic carbocycles. The predicted molar refractivity (Wildman–Crippen MR) is 80.6 cm³/mol. The fourth-order valence-corrected chi connectivity index (χ4v) is 1.98. The van der Waals surface area contributed by atoms with E-state index >= 15 is 0 Å². The molecular weight excluding hydrogens is 274 g/mol. The highest BCUT2D eigenvalue weighted by Crippen LogP contribution is 2.28. The van der Waals surface area contributed by atoms with Crippen LogP contribution >= 0.6 is 11.6 Å². The average molecular weight is 286 g/mol. The SMILES string of the molecule is CNc1nc(Oc2ccc(Cl)cc2)c2ccccc2n1. The summed E-state index contributed by atoms with van der Waals surface area (Å²) in [5.74, 6) is 1.72. The van der Waals surface area contributed by atoms with E-state index in [1.54, 1.807) is 31.3 Å². The predicted octanol–water partition coefficient (Wildman–Crippen LogP) is 4.12. The summed E-state index contributed by atoms with van der Waals surface area (Å²) in [7, 11) is 1.77. The Bertz CT molecular complexity index is 744. The van der Waals surface area contributed by atoms with Crippen molar-refractivity contribution in [2.45, 2.75) is 0 Å². The largest absolute Gasteiger partial charge is 0.438 e. The Morgan fingerprint density at radius 3 is 2.50 bits per heavy atom. The lowest BCUT2D eigenvalue weighted by molar-refractivity contribution is 0.469. The van der Waals surface area contributed by atoms with Crippen LogP contribution in [0.15, 0.2) is 48.5 Å². The van der Waals surface area contributed by atoms with E-state index in [2.05, 4.69) is 15.3 Å². The number of rotatable bonds is 3. The van der Waals surface area contributed by atoms with Crippen molar-refractivity contribution in [2.75, 3.05) is 12.4 Å². The number of para-hydroxylation sites is 1. The first kappa shape index (κ1) is 12.7. The molecule has 0 fully saturated rings. The lowest BCUT2D eigenvalue weighted by atomic mass is 10.2. The molecule has 0 radical (unpaired) electrons. The van der Waals surface area contributed by atoms with Crippen molar-refractivity contribution in [3.63, 3.8) is 0 Å². The Morgan fingerprint density at radius 1 is 1.00 bits per heavy atom. The van der Waals surface area contributed by atoms with Gasteiger partial charge in [-0.2, -0.15) is 4.98 Å². The van der Waals surface area contributed by atoms with Crippen LogP contribution in [0, 0.1) is 0 Å². The van der Waals surface area contributed by atoms with Gasteiger partial charge in [-0.05, 0) is 36.4 Å². The molecule has 0 unspecified atom stereocenters. The van der Waals surface area contributed by atoms with Crippen LogP contribution in [0.5, 0.6) is 11.6 Å². The summed E-state index contributed by atoms with van der Waals surface area (Å²) < 4.78 is 5.84. The van der Waals surface area contributed by atoms with E-state index in [9.17, 15) is 0 Å². The molecule has 1 N–H and O–H groups in total. The van der Waals surface area contributed by atoms with Gasteiger partial charge in [0.25, 0.3) is 0 Å². The van der Waals surface area contributed by atoms with Crippen molar-refractivity contribution in [3.05, 3.63) is 53.6 Å². The molecule has 100 valence electrons. The molecule has 20 heavy (non-hydrogen) atoms. The minimum absolute atomic E-state index is 0.516. The maximum atomic E-state index is 5.87. The van der Waals surface area contributed by atoms with Gasteiger partial charge >= 0.3 is 0 Å². The second-order valence-electron chi connectivity index (χ2n) is 4.18. The fraction of sp³-hybridized carbons (Fsp3) is 0.0667. The van der Waals surface area contributed by atoms with Crippen LogP contribution < -0.4 is 10.1 Å². The van der Waals surface area contributed by atoms with E-state index in [-0.39, 0.29) is 0 Å². The van der Waals surface area contributed by atoms with Crippen molar-refractivity contribution in [1.29, 1.82) is 0 Å². The minimum Gasteiger partial charge on any atom is -0.438 e. The number of hydrogen-bond acceptors (Lipinski definition) is 4. The van der Waals surface area contributed by atoms with Gasteiger partial charge in [0.05, 0.1) is 10.9 Å². The molecular formula is C15H12ClN3O. The average Bonchev–Trinajstić information content (AvgIpc) is 2.49. The van der Waals surface area contributed by atoms with Crippen LogP contribution in [0.3, 0.4) is 0 Å². The Morgan fingerprint density at radius 2 is 1.75 bits per heavy atom. The van der Waals surface area contributed by atoms with Gasteiger partial charge in [-0.3, -0.25) is 0 Å². The van der Waals surface area contributed by atoms with Gasteiger partial charge in [-0.15, -0.1) is 0 Å². The fourth-order valence-electron chi connectivity index (χ4n) is 1.85. The molecule has 1 heterocycles. The van der Waals surface area contributed by atoms with E-state index in [4.69, 9.17) is 16.3 Å². The highest BCUT2D eigenvalue weighted by Gasteiger charge is 2.08. The normalized spacial score (nSPS) is 10.5. The van der Waals surface area contributed by atoms with Gasteiger partial charge in [0.1, 0.15) is 5.75 Å². The smallest absolute Gasteiger partial charge is 0.231 e. The Balaban J connectivity index is 2.07. The van der Waals surface area contributed by atoms with E-state index < -0.39 is 0 Å². The van der Waals surface area contributed by atoms with Gasteiger partial charge in [0.15, 0.2) is 0 Å². The molecule has 0 saturated heterocycles. The zero-order chi connectivity index (χ0) is 13.9. The summed E-state index contributed by atoms with van der Waals surface area (Å²) in [5, 5.41) is 4.46. The third-order valence-electron chi connectivity index (χ3n) is 2.82. The molecule has 0 atom stereocenters. The summed E-state index contributed by atoms with van der Waals surface area (Å²) in [6, 6.07) is 14.9. The maximum absolute atomic E-state index is 5.87. The number of nitrogens with one attached hydrogen (secondary N) is 1. The molecule has 0 saturated carbocycles. The Hall–Kier alpha value is -2.33. The topological polar surface area (TPSA) is 47.0 Å². The second-order valence-corrected chi connectivity index (χ2v) is 4.61. The molecule has 4 nitrogen and oxygen atoms in total.